The Balaban J connectivity index is 2.83. The molecule has 0 radical (unpaired) electrons. The number of benzene rings is 1. The zero-order valence-electron chi connectivity index (χ0n) is 10.7. The van der Waals surface area contributed by atoms with Gasteiger partial charge in [-0.25, -0.2) is 13.2 Å². The van der Waals surface area contributed by atoms with Gasteiger partial charge in [0, 0.05) is 30.8 Å². The summed E-state index contributed by atoms with van der Waals surface area (Å²) in [4.78, 5) is 11.6. The molecule has 0 heterocycles. The van der Waals surface area contributed by atoms with E-state index in [9.17, 15) is 13.2 Å². The molecule has 0 aromatic heterocycles. The molecule has 0 unspecified atom stereocenters. The third-order valence-electron chi connectivity index (χ3n) is 2.29. The first-order chi connectivity index (χ1) is 8.84. The van der Waals surface area contributed by atoms with E-state index in [1.54, 1.807) is 20.1 Å². The number of rotatable bonds is 6. The highest BCUT2D eigenvalue weighted by Crippen LogP contribution is 2.19. The van der Waals surface area contributed by atoms with Gasteiger partial charge in [0.2, 0.25) is 0 Å². The molecular formula is C12H15ClO5S. The third-order valence-corrected chi connectivity index (χ3v) is 3.63. The number of ether oxygens (including phenoxy) is 2. The lowest BCUT2D eigenvalue weighted by atomic mass is 10.1. The minimum Gasteiger partial charge on any atom is -0.462 e. The fraction of sp³-hybridized carbons (Fsp3) is 0.417. The van der Waals surface area contributed by atoms with Gasteiger partial charge in [-0.05, 0) is 30.7 Å². The highest BCUT2D eigenvalue weighted by atomic mass is 35.7. The first-order valence-corrected chi connectivity index (χ1v) is 7.88. The standard InChI is InChI=1S/C12H15ClO5S/c1-9-6-10(8-11(7-9)19(13,15)16)12(14)18-5-3-4-17-2/h6-8H,3-5H2,1-2H3. The van der Waals surface area contributed by atoms with E-state index in [-0.39, 0.29) is 17.1 Å². The lowest BCUT2D eigenvalue weighted by Crippen LogP contribution is -2.09. The molecule has 106 valence electrons. The quantitative estimate of drug-likeness (QED) is 0.457. The van der Waals surface area contributed by atoms with Crippen molar-refractivity contribution in [1.29, 1.82) is 0 Å². The van der Waals surface area contributed by atoms with Gasteiger partial charge in [-0.3, -0.25) is 0 Å². The largest absolute Gasteiger partial charge is 0.462 e. The maximum atomic E-state index is 11.7. The highest BCUT2D eigenvalue weighted by molar-refractivity contribution is 8.13. The molecule has 0 aliphatic rings. The van der Waals surface area contributed by atoms with Crippen molar-refractivity contribution in [3.8, 4) is 0 Å². The van der Waals surface area contributed by atoms with Crippen molar-refractivity contribution >= 4 is 25.7 Å². The predicted octanol–water partition coefficient (Wildman–Crippen LogP) is 2.12. The molecule has 0 aliphatic heterocycles. The summed E-state index contributed by atoms with van der Waals surface area (Å²) in [6, 6.07) is 4.14. The number of hydrogen-bond donors (Lipinski definition) is 0. The molecule has 5 nitrogen and oxygen atoms in total. The second kappa shape index (κ2) is 6.88. The van der Waals surface area contributed by atoms with E-state index in [1.165, 1.54) is 12.1 Å². The van der Waals surface area contributed by atoms with Crippen molar-refractivity contribution in [2.45, 2.75) is 18.2 Å². The maximum absolute atomic E-state index is 11.7. The summed E-state index contributed by atoms with van der Waals surface area (Å²) >= 11 is 0. The number of hydrogen-bond acceptors (Lipinski definition) is 5. The molecule has 1 rings (SSSR count). The third kappa shape index (κ3) is 5.18. The van der Waals surface area contributed by atoms with Crippen LogP contribution in [0.25, 0.3) is 0 Å². The Labute approximate surface area is 116 Å². The van der Waals surface area contributed by atoms with Crippen LogP contribution in [-0.4, -0.2) is 34.7 Å². The molecule has 0 saturated carbocycles. The molecular weight excluding hydrogens is 292 g/mol. The predicted molar refractivity (Wildman–Crippen MR) is 71.0 cm³/mol. The minimum atomic E-state index is -3.87. The van der Waals surface area contributed by atoms with Gasteiger partial charge in [0.1, 0.15) is 0 Å². The second-order valence-corrected chi connectivity index (χ2v) is 6.52. The van der Waals surface area contributed by atoms with Crippen molar-refractivity contribution < 1.29 is 22.7 Å². The van der Waals surface area contributed by atoms with Crippen LogP contribution in [0, 0.1) is 6.92 Å². The Kier molecular flexibility index (Phi) is 5.78. The monoisotopic (exact) mass is 306 g/mol. The van der Waals surface area contributed by atoms with Crippen molar-refractivity contribution in [3.05, 3.63) is 29.3 Å². The van der Waals surface area contributed by atoms with Crippen LogP contribution in [0.4, 0.5) is 0 Å². The normalized spacial score (nSPS) is 11.3. The van der Waals surface area contributed by atoms with E-state index in [1.807, 2.05) is 0 Å². The summed E-state index contributed by atoms with van der Waals surface area (Å²) in [5.41, 5.74) is 0.780. The Morgan fingerprint density at radius 2 is 1.95 bits per heavy atom. The molecule has 7 heteroatoms. The molecule has 0 N–H and O–H groups in total. The average molecular weight is 307 g/mol. The fourth-order valence-electron chi connectivity index (χ4n) is 1.46. The van der Waals surface area contributed by atoms with Crippen molar-refractivity contribution in [2.75, 3.05) is 20.3 Å². The van der Waals surface area contributed by atoms with E-state index >= 15 is 0 Å². The van der Waals surface area contributed by atoms with E-state index in [2.05, 4.69) is 0 Å². The Hall–Kier alpha value is -1.11. The van der Waals surface area contributed by atoms with Crippen LogP contribution in [0.5, 0.6) is 0 Å². The van der Waals surface area contributed by atoms with Crippen LogP contribution in [0.2, 0.25) is 0 Å². The van der Waals surface area contributed by atoms with Crippen LogP contribution < -0.4 is 0 Å². The lowest BCUT2D eigenvalue weighted by molar-refractivity contribution is 0.0468. The Morgan fingerprint density at radius 3 is 2.53 bits per heavy atom. The summed E-state index contributed by atoms with van der Waals surface area (Å²) in [5, 5.41) is 0. The van der Waals surface area contributed by atoms with Gasteiger partial charge in [0.15, 0.2) is 0 Å². The minimum absolute atomic E-state index is 0.113. The summed E-state index contributed by atoms with van der Waals surface area (Å²) in [5.74, 6) is -0.582. The second-order valence-electron chi connectivity index (χ2n) is 3.95. The molecule has 0 atom stereocenters. The number of halogens is 1. The maximum Gasteiger partial charge on any atom is 0.338 e. The van der Waals surface area contributed by atoms with Gasteiger partial charge in [0.05, 0.1) is 17.1 Å². The molecule has 19 heavy (non-hydrogen) atoms. The van der Waals surface area contributed by atoms with Gasteiger partial charge in [-0.2, -0.15) is 0 Å². The van der Waals surface area contributed by atoms with E-state index in [0.717, 1.165) is 0 Å². The summed E-state index contributed by atoms with van der Waals surface area (Å²) < 4.78 is 32.3. The van der Waals surface area contributed by atoms with Crippen LogP contribution >= 0.6 is 10.7 Å². The molecule has 0 spiro atoms. The van der Waals surface area contributed by atoms with Gasteiger partial charge in [-0.15, -0.1) is 0 Å². The smallest absolute Gasteiger partial charge is 0.338 e. The van der Waals surface area contributed by atoms with Gasteiger partial charge >= 0.3 is 5.97 Å². The molecule has 1 aromatic carbocycles. The number of methoxy groups -OCH3 is 1. The molecule has 0 saturated heterocycles. The summed E-state index contributed by atoms with van der Waals surface area (Å²) in [7, 11) is 2.95. The number of aryl methyl sites for hydroxylation is 1. The number of carbonyl (C=O) groups excluding carboxylic acids is 1. The lowest BCUT2D eigenvalue weighted by Gasteiger charge is -2.06. The van der Waals surface area contributed by atoms with Crippen molar-refractivity contribution in [1.82, 2.24) is 0 Å². The van der Waals surface area contributed by atoms with E-state index in [0.29, 0.717) is 18.6 Å². The van der Waals surface area contributed by atoms with Crippen LogP contribution in [0.3, 0.4) is 0 Å². The SMILES string of the molecule is COCCCOC(=O)c1cc(C)cc(S(=O)(=O)Cl)c1. The molecule has 0 bridgehead atoms. The van der Waals surface area contributed by atoms with Crippen molar-refractivity contribution in [2.24, 2.45) is 0 Å². The topological polar surface area (TPSA) is 69.7 Å². The number of carbonyl (C=O) groups is 1. The van der Waals surface area contributed by atoms with Gasteiger partial charge in [0.25, 0.3) is 9.05 Å². The van der Waals surface area contributed by atoms with Crippen LogP contribution in [0.15, 0.2) is 23.1 Å². The summed E-state index contributed by atoms with van der Waals surface area (Å²) in [6.07, 6.45) is 0.578. The molecule has 0 fully saturated rings. The highest BCUT2D eigenvalue weighted by Gasteiger charge is 2.15. The first-order valence-electron chi connectivity index (χ1n) is 5.57. The molecule has 1 aromatic rings. The van der Waals surface area contributed by atoms with Gasteiger partial charge in [-0.1, -0.05) is 0 Å². The summed E-state index contributed by atoms with van der Waals surface area (Å²) in [6.45, 7) is 2.37. The van der Waals surface area contributed by atoms with E-state index in [4.69, 9.17) is 20.2 Å². The van der Waals surface area contributed by atoms with Crippen LogP contribution in [-0.2, 0) is 18.5 Å². The first kappa shape index (κ1) is 15.9. The fourth-order valence-corrected chi connectivity index (χ4v) is 2.32. The van der Waals surface area contributed by atoms with Crippen molar-refractivity contribution in [3.63, 3.8) is 0 Å². The zero-order chi connectivity index (χ0) is 14.5. The van der Waals surface area contributed by atoms with E-state index < -0.39 is 15.0 Å². The Morgan fingerprint density at radius 1 is 1.26 bits per heavy atom. The van der Waals surface area contributed by atoms with Gasteiger partial charge < -0.3 is 9.47 Å². The Bertz CT molecular complexity index is 553. The molecule has 0 amide bonds. The number of esters is 1. The average Bonchev–Trinajstić information content (AvgIpc) is 2.32. The zero-order valence-corrected chi connectivity index (χ0v) is 12.3. The molecule has 0 aliphatic carbocycles. The van der Waals surface area contributed by atoms with Crippen LogP contribution in [0.1, 0.15) is 22.3 Å².